The Morgan fingerprint density at radius 2 is 2.27 bits per heavy atom. The normalized spacial score (nSPS) is 26.8. The van der Waals surface area contributed by atoms with Crippen LogP contribution in [-0.2, 0) is 4.74 Å². The molecular formula is C12H25NO2. The second kappa shape index (κ2) is 5.83. The van der Waals surface area contributed by atoms with Crippen molar-refractivity contribution in [2.24, 2.45) is 5.92 Å². The molecule has 1 aliphatic heterocycles. The van der Waals surface area contributed by atoms with Crippen LogP contribution in [0.15, 0.2) is 0 Å². The van der Waals surface area contributed by atoms with Crippen LogP contribution in [0.2, 0.25) is 0 Å². The van der Waals surface area contributed by atoms with Gasteiger partial charge in [-0.15, -0.1) is 0 Å². The molecule has 2 N–H and O–H groups in total. The first-order valence-corrected chi connectivity index (χ1v) is 6.03. The highest BCUT2D eigenvalue weighted by Crippen LogP contribution is 2.28. The fourth-order valence-electron chi connectivity index (χ4n) is 2.03. The largest absolute Gasteiger partial charge is 0.396 e. The Hall–Kier alpha value is -0.120. The number of ether oxygens (including phenoxy) is 1. The van der Waals surface area contributed by atoms with Gasteiger partial charge in [0.15, 0.2) is 0 Å². The van der Waals surface area contributed by atoms with Crippen molar-refractivity contribution in [2.75, 3.05) is 19.7 Å². The van der Waals surface area contributed by atoms with Crippen molar-refractivity contribution in [1.29, 1.82) is 0 Å². The third-order valence-electron chi connectivity index (χ3n) is 3.04. The molecule has 3 heteroatoms. The molecule has 0 amide bonds. The van der Waals surface area contributed by atoms with Crippen LogP contribution in [0.1, 0.15) is 40.0 Å². The Bertz CT molecular complexity index is 182. The quantitative estimate of drug-likeness (QED) is 0.706. The summed E-state index contributed by atoms with van der Waals surface area (Å²) >= 11 is 0. The minimum Gasteiger partial charge on any atom is -0.396 e. The van der Waals surface area contributed by atoms with Gasteiger partial charge in [-0.3, -0.25) is 0 Å². The van der Waals surface area contributed by atoms with Crippen LogP contribution in [0.25, 0.3) is 0 Å². The molecule has 2 unspecified atom stereocenters. The van der Waals surface area contributed by atoms with E-state index in [0.717, 1.165) is 32.4 Å². The third-order valence-corrected chi connectivity index (χ3v) is 3.04. The van der Waals surface area contributed by atoms with Crippen molar-refractivity contribution in [3.8, 4) is 0 Å². The highest BCUT2D eigenvalue weighted by molar-refractivity contribution is 4.81. The van der Waals surface area contributed by atoms with Crippen molar-refractivity contribution >= 4 is 0 Å². The van der Waals surface area contributed by atoms with Crippen LogP contribution < -0.4 is 5.32 Å². The lowest BCUT2D eigenvalue weighted by atomic mass is 10.1. The average Bonchev–Trinajstić information content (AvgIpc) is 2.46. The van der Waals surface area contributed by atoms with Gasteiger partial charge in [0.2, 0.25) is 0 Å². The summed E-state index contributed by atoms with van der Waals surface area (Å²) in [5.74, 6) is 0.546. The van der Waals surface area contributed by atoms with Crippen LogP contribution in [0.3, 0.4) is 0 Å². The van der Waals surface area contributed by atoms with Gasteiger partial charge in [-0.1, -0.05) is 6.92 Å². The summed E-state index contributed by atoms with van der Waals surface area (Å²) in [6.45, 7) is 8.67. The molecule has 1 fully saturated rings. The summed E-state index contributed by atoms with van der Waals surface area (Å²) in [7, 11) is 0. The summed E-state index contributed by atoms with van der Waals surface area (Å²) < 4.78 is 5.88. The highest BCUT2D eigenvalue weighted by atomic mass is 16.5. The maximum absolute atomic E-state index is 8.76. The first kappa shape index (κ1) is 12.9. The summed E-state index contributed by atoms with van der Waals surface area (Å²) in [6, 6.07) is 0. The van der Waals surface area contributed by atoms with E-state index in [1.54, 1.807) is 0 Å². The molecule has 0 saturated carbocycles. The van der Waals surface area contributed by atoms with Gasteiger partial charge in [-0.05, 0) is 45.6 Å². The fourth-order valence-corrected chi connectivity index (χ4v) is 2.03. The number of aliphatic hydroxyl groups is 1. The topological polar surface area (TPSA) is 41.5 Å². The van der Waals surface area contributed by atoms with Crippen molar-refractivity contribution < 1.29 is 9.84 Å². The first-order chi connectivity index (χ1) is 7.03. The zero-order valence-corrected chi connectivity index (χ0v) is 10.3. The Kier molecular flexibility index (Phi) is 5.03. The molecule has 90 valence electrons. The second-order valence-corrected chi connectivity index (χ2v) is 5.31. The zero-order chi connectivity index (χ0) is 11.3. The highest BCUT2D eigenvalue weighted by Gasteiger charge is 2.31. The van der Waals surface area contributed by atoms with Crippen LogP contribution in [0.5, 0.6) is 0 Å². The van der Waals surface area contributed by atoms with Crippen molar-refractivity contribution in [3.63, 3.8) is 0 Å². The molecule has 0 aliphatic carbocycles. The van der Waals surface area contributed by atoms with Gasteiger partial charge in [-0.2, -0.15) is 0 Å². The van der Waals surface area contributed by atoms with Gasteiger partial charge in [0.25, 0.3) is 0 Å². The summed E-state index contributed by atoms with van der Waals surface area (Å²) in [5.41, 5.74) is 0.0725. The van der Waals surface area contributed by atoms with Crippen LogP contribution in [0, 0.1) is 5.92 Å². The predicted octanol–water partition coefficient (Wildman–Crippen LogP) is 1.55. The molecule has 1 aliphatic rings. The molecule has 3 nitrogen and oxygen atoms in total. The molecule has 0 aromatic carbocycles. The van der Waals surface area contributed by atoms with E-state index < -0.39 is 0 Å². The second-order valence-electron chi connectivity index (χ2n) is 5.31. The molecule has 15 heavy (non-hydrogen) atoms. The third kappa shape index (κ3) is 4.96. The molecular weight excluding hydrogens is 190 g/mol. The van der Waals surface area contributed by atoms with E-state index in [1.807, 2.05) is 0 Å². The summed E-state index contributed by atoms with van der Waals surface area (Å²) in [5, 5.41) is 12.2. The van der Waals surface area contributed by atoms with Crippen molar-refractivity contribution in [2.45, 2.75) is 51.7 Å². The van der Waals surface area contributed by atoms with Gasteiger partial charge < -0.3 is 15.2 Å². The molecule has 0 aromatic heterocycles. The molecule has 0 aromatic rings. The summed E-state index contributed by atoms with van der Waals surface area (Å²) in [6.07, 6.45) is 3.57. The van der Waals surface area contributed by atoms with Gasteiger partial charge in [0, 0.05) is 13.2 Å². The maximum Gasteiger partial charge on any atom is 0.0707 e. The molecule has 0 bridgehead atoms. The number of rotatable bonds is 6. The number of aliphatic hydroxyl groups excluding tert-OH is 1. The van der Waals surface area contributed by atoms with E-state index in [-0.39, 0.29) is 12.2 Å². The predicted molar refractivity (Wildman–Crippen MR) is 61.9 cm³/mol. The SMILES string of the molecule is CC(CCO)CNCC1CCC(C)(C)O1. The maximum atomic E-state index is 8.76. The first-order valence-electron chi connectivity index (χ1n) is 6.03. The Morgan fingerprint density at radius 1 is 1.53 bits per heavy atom. The number of hydrogen-bond acceptors (Lipinski definition) is 3. The van der Waals surface area contributed by atoms with Crippen LogP contribution >= 0.6 is 0 Å². The van der Waals surface area contributed by atoms with Gasteiger partial charge >= 0.3 is 0 Å². The standard InChI is InChI=1S/C12H25NO2/c1-10(5-7-14)8-13-9-11-4-6-12(2,3)15-11/h10-11,13-14H,4-9H2,1-3H3. The minimum absolute atomic E-state index is 0.0725. The van der Waals surface area contributed by atoms with E-state index in [9.17, 15) is 0 Å². The molecule has 0 radical (unpaired) electrons. The molecule has 0 spiro atoms. The molecule has 2 atom stereocenters. The molecule has 1 rings (SSSR count). The van der Waals surface area contributed by atoms with E-state index >= 15 is 0 Å². The lowest BCUT2D eigenvalue weighted by Gasteiger charge is -2.20. The molecule has 1 heterocycles. The average molecular weight is 215 g/mol. The minimum atomic E-state index is 0.0725. The lowest BCUT2D eigenvalue weighted by molar-refractivity contribution is -0.0144. The van der Waals surface area contributed by atoms with Gasteiger partial charge in [0.05, 0.1) is 11.7 Å². The Labute approximate surface area is 93.2 Å². The van der Waals surface area contributed by atoms with Crippen LogP contribution in [0.4, 0.5) is 0 Å². The fraction of sp³-hybridized carbons (Fsp3) is 1.00. The van der Waals surface area contributed by atoms with Crippen LogP contribution in [-0.4, -0.2) is 36.5 Å². The zero-order valence-electron chi connectivity index (χ0n) is 10.3. The lowest BCUT2D eigenvalue weighted by Crippen LogP contribution is -2.32. The Morgan fingerprint density at radius 3 is 2.80 bits per heavy atom. The summed E-state index contributed by atoms with van der Waals surface area (Å²) in [4.78, 5) is 0. The number of hydrogen-bond donors (Lipinski definition) is 2. The molecule has 1 saturated heterocycles. The van der Waals surface area contributed by atoms with E-state index in [1.165, 1.54) is 0 Å². The van der Waals surface area contributed by atoms with Gasteiger partial charge in [0.1, 0.15) is 0 Å². The Balaban J connectivity index is 2.06. The van der Waals surface area contributed by atoms with Crippen molar-refractivity contribution in [1.82, 2.24) is 5.32 Å². The van der Waals surface area contributed by atoms with E-state index in [0.29, 0.717) is 12.0 Å². The van der Waals surface area contributed by atoms with E-state index in [2.05, 4.69) is 26.1 Å². The monoisotopic (exact) mass is 215 g/mol. The smallest absolute Gasteiger partial charge is 0.0707 e. The number of nitrogens with one attached hydrogen (secondary N) is 1. The van der Waals surface area contributed by atoms with Crippen molar-refractivity contribution in [3.05, 3.63) is 0 Å². The van der Waals surface area contributed by atoms with E-state index in [4.69, 9.17) is 9.84 Å². The van der Waals surface area contributed by atoms with Gasteiger partial charge in [-0.25, -0.2) is 0 Å².